The number of urea groups is 1. The molecule has 0 aromatic heterocycles. The van der Waals surface area contributed by atoms with E-state index in [1.165, 1.54) is 4.90 Å². The number of aliphatic hydroxyl groups excluding tert-OH is 1. The van der Waals surface area contributed by atoms with Crippen molar-refractivity contribution in [2.75, 3.05) is 37.0 Å². The summed E-state index contributed by atoms with van der Waals surface area (Å²) in [6.45, 7) is 13.7. The number of ether oxygens (including phenoxy) is 3. The summed E-state index contributed by atoms with van der Waals surface area (Å²) in [4.78, 5) is 40.2. The highest BCUT2D eigenvalue weighted by atomic mass is 28.4. The fourth-order valence-electron chi connectivity index (χ4n) is 4.55. The number of esters is 1. The van der Waals surface area contributed by atoms with Gasteiger partial charge in [-0.3, -0.25) is 4.90 Å². The standard InChI is InChI=1S/C36H49N3O8Si/c1-8-44-33(41)31-16-12-13-17-32(31)38-34(42)37-27-20-18-26(19-21-27)22-28(24-46-48(5,6)7)39(35(43)47-36(2,3)4)23-29(40)25-45-30-14-10-9-11-15-30/h9-21,28-29,40H,8,22-25H2,1-7H3,(H2,37,38,42). The Labute approximate surface area is 284 Å². The number of para-hydroxylation sites is 2. The Hall–Kier alpha value is -4.39. The summed E-state index contributed by atoms with van der Waals surface area (Å²) in [5.41, 5.74) is 1.23. The molecule has 0 aliphatic rings. The molecule has 12 heteroatoms. The van der Waals surface area contributed by atoms with Gasteiger partial charge in [-0.05, 0) is 95.7 Å². The molecule has 48 heavy (non-hydrogen) atoms. The van der Waals surface area contributed by atoms with Crippen molar-refractivity contribution in [2.45, 2.75) is 71.5 Å². The maximum absolute atomic E-state index is 13.6. The van der Waals surface area contributed by atoms with Gasteiger partial charge in [0.1, 0.15) is 24.1 Å². The lowest BCUT2D eigenvalue weighted by Crippen LogP contribution is -2.51. The van der Waals surface area contributed by atoms with Crippen LogP contribution < -0.4 is 15.4 Å². The highest BCUT2D eigenvalue weighted by Crippen LogP contribution is 2.21. The van der Waals surface area contributed by atoms with Gasteiger partial charge in [0.2, 0.25) is 0 Å². The summed E-state index contributed by atoms with van der Waals surface area (Å²) in [7, 11) is -1.99. The maximum atomic E-state index is 13.6. The molecule has 3 amide bonds. The molecule has 3 aromatic rings. The summed E-state index contributed by atoms with van der Waals surface area (Å²) in [5.74, 6) is 0.0895. The van der Waals surface area contributed by atoms with Crippen LogP contribution in [0.2, 0.25) is 19.6 Å². The second-order valence-electron chi connectivity index (χ2n) is 13.2. The average molecular weight is 680 g/mol. The van der Waals surface area contributed by atoms with E-state index in [2.05, 4.69) is 30.3 Å². The molecule has 11 nitrogen and oxygen atoms in total. The number of aliphatic hydroxyl groups is 1. The molecule has 0 spiro atoms. The van der Waals surface area contributed by atoms with Crippen molar-refractivity contribution < 1.29 is 38.1 Å². The van der Waals surface area contributed by atoms with Crippen LogP contribution in [0, 0.1) is 0 Å². The Balaban J connectivity index is 1.76. The molecule has 0 heterocycles. The number of carbonyl (C=O) groups excluding carboxylic acids is 3. The zero-order chi connectivity index (χ0) is 35.3. The molecule has 0 bridgehead atoms. The number of amides is 3. The number of rotatable bonds is 15. The summed E-state index contributed by atoms with van der Waals surface area (Å²) in [6.07, 6.45) is -1.16. The van der Waals surface area contributed by atoms with Crippen LogP contribution in [0.5, 0.6) is 5.75 Å². The Morgan fingerprint density at radius 3 is 2.15 bits per heavy atom. The van der Waals surface area contributed by atoms with E-state index in [4.69, 9.17) is 18.6 Å². The van der Waals surface area contributed by atoms with Crippen LogP contribution in [-0.2, 0) is 20.3 Å². The number of hydrogen-bond acceptors (Lipinski definition) is 8. The zero-order valence-corrected chi connectivity index (χ0v) is 29.9. The molecule has 0 fully saturated rings. The Morgan fingerprint density at radius 2 is 1.52 bits per heavy atom. The van der Waals surface area contributed by atoms with Crippen molar-refractivity contribution in [1.29, 1.82) is 0 Å². The second-order valence-corrected chi connectivity index (χ2v) is 17.7. The van der Waals surface area contributed by atoms with Crippen molar-refractivity contribution >= 4 is 37.8 Å². The number of hydrogen-bond donors (Lipinski definition) is 3. The minimum atomic E-state index is -1.99. The SMILES string of the molecule is CCOC(=O)c1ccccc1NC(=O)Nc1ccc(CC(CO[Si](C)(C)C)N(CC(O)COc2ccccc2)C(=O)OC(C)(C)C)cc1. The van der Waals surface area contributed by atoms with E-state index in [0.29, 0.717) is 23.5 Å². The first-order chi connectivity index (χ1) is 22.6. The highest BCUT2D eigenvalue weighted by Gasteiger charge is 2.32. The third-order valence-electron chi connectivity index (χ3n) is 6.72. The van der Waals surface area contributed by atoms with E-state index < -0.39 is 44.2 Å². The molecule has 2 atom stereocenters. The number of anilines is 2. The van der Waals surface area contributed by atoms with Crippen LogP contribution in [0.15, 0.2) is 78.9 Å². The van der Waals surface area contributed by atoms with Gasteiger partial charge in [0, 0.05) is 5.69 Å². The summed E-state index contributed by atoms with van der Waals surface area (Å²) in [6, 6.07) is 22.0. The van der Waals surface area contributed by atoms with E-state index in [9.17, 15) is 19.5 Å². The average Bonchev–Trinajstić information content (AvgIpc) is 3.01. The largest absolute Gasteiger partial charge is 0.491 e. The third-order valence-corrected chi connectivity index (χ3v) is 7.76. The molecular formula is C36H49N3O8Si. The molecule has 3 aromatic carbocycles. The summed E-state index contributed by atoms with van der Waals surface area (Å²) in [5, 5.41) is 16.5. The van der Waals surface area contributed by atoms with Gasteiger partial charge >= 0.3 is 18.1 Å². The molecular weight excluding hydrogens is 630 g/mol. The number of benzene rings is 3. The predicted molar refractivity (Wildman–Crippen MR) is 189 cm³/mol. The molecule has 3 rings (SSSR count). The van der Waals surface area contributed by atoms with Crippen LogP contribution in [0.4, 0.5) is 21.0 Å². The fraction of sp³-hybridized carbons (Fsp3) is 0.417. The lowest BCUT2D eigenvalue weighted by Gasteiger charge is -2.36. The Kier molecular flexibility index (Phi) is 14.0. The Bertz CT molecular complexity index is 1470. The van der Waals surface area contributed by atoms with Crippen molar-refractivity contribution in [1.82, 2.24) is 4.90 Å². The minimum Gasteiger partial charge on any atom is -0.491 e. The molecule has 3 N–H and O–H groups in total. The third kappa shape index (κ3) is 13.4. The quantitative estimate of drug-likeness (QED) is 0.116. The van der Waals surface area contributed by atoms with Gasteiger partial charge in [-0.15, -0.1) is 0 Å². The van der Waals surface area contributed by atoms with Crippen LogP contribution in [-0.4, -0.2) is 80.5 Å². The lowest BCUT2D eigenvalue weighted by atomic mass is 10.0. The first-order valence-corrected chi connectivity index (χ1v) is 19.5. The van der Waals surface area contributed by atoms with E-state index in [-0.39, 0.29) is 31.9 Å². The molecule has 2 unspecified atom stereocenters. The van der Waals surface area contributed by atoms with Gasteiger partial charge in [0.15, 0.2) is 8.32 Å². The minimum absolute atomic E-state index is 0.0163. The van der Waals surface area contributed by atoms with Crippen molar-refractivity contribution in [3.63, 3.8) is 0 Å². The first-order valence-electron chi connectivity index (χ1n) is 16.1. The topological polar surface area (TPSA) is 136 Å². The maximum Gasteiger partial charge on any atom is 0.410 e. The predicted octanol–water partition coefficient (Wildman–Crippen LogP) is 6.95. The van der Waals surface area contributed by atoms with Gasteiger partial charge in [-0.1, -0.05) is 42.5 Å². The van der Waals surface area contributed by atoms with Crippen molar-refractivity contribution in [3.05, 3.63) is 90.0 Å². The van der Waals surface area contributed by atoms with Gasteiger partial charge in [0.25, 0.3) is 0 Å². The molecule has 0 radical (unpaired) electrons. The van der Waals surface area contributed by atoms with Gasteiger partial charge in [-0.25, -0.2) is 14.4 Å². The van der Waals surface area contributed by atoms with Gasteiger partial charge in [0.05, 0.1) is 37.1 Å². The zero-order valence-electron chi connectivity index (χ0n) is 28.9. The highest BCUT2D eigenvalue weighted by molar-refractivity contribution is 6.69. The van der Waals surface area contributed by atoms with Crippen molar-refractivity contribution in [3.8, 4) is 5.75 Å². The van der Waals surface area contributed by atoms with Crippen LogP contribution in [0.3, 0.4) is 0 Å². The molecule has 0 saturated heterocycles. The summed E-state index contributed by atoms with van der Waals surface area (Å²) >= 11 is 0. The number of nitrogens with zero attached hydrogens (tertiary/aromatic N) is 1. The van der Waals surface area contributed by atoms with Gasteiger partial charge < -0.3 is 34.4 Å². The van der Waals surface area contributed by atoms with Crippen molar-refractivity contribution in [2.24, 2.45) is 0 Å². The molecule has 0 aliphatic carbocycles. The molecule has 0 saturated carbocycles. The number of carbonyl (C=O) groups is 3. The summed E-state index contributed by atoms with van der Waals surface area (Å²) < 4.78 is 22.9. The van der Waals surface area contributed by atoms with E-state index >= 15 is 0 Å². The molecule has 260 valence electrons. The lowest BCUT2D eigenvalue weighted by molar-refractivity contribution is -0.00784. The molecule has 0 aliphatic heterocycles. The van der Waals surface area contributed by atoms with E-state index in [0.717, 1.165) is 5.56 Å². The smallest absolute Gasteiger partial charge is 0.410 e. The normalized spacial score (nSPS) is 12.8. The van der Waals surface area contributed by atoms with Crippen LogP contribution in [0.25, 0.3) is 0 Å². The monoisotopic (exact) mass is 679 g/mol. The van der Waals surface area contributed by atoms with Crippen LogP contribution >= 0.6 is 0 Å². The van der Waals surface area contributed by atoms with E-state index in [1.54, 1.807) is 76.2 Å². The first kappa shape index (κ1) is 38.1. The number of nitrogens with one attached hydrogen (secondary N) is 2. The Morgan fingerprint density at radius 1 is 0.875 bits per heavy atom. The fourth-order valence-corrected chi connectivity index (χ4v) is 5.24. The van der Waals surface area contributed by atoms with Gasteiger partial charge in [-0.2, -0.15) is 0 Å². The second kappa shape index (κ2) is 17.7. The van der Waals surface area contributed by atoms with Crippen LogP contribution in [0.1, 0.15) is 43.6 Å². The van der Waals surface area contributed by atoms with E-state index in [1.807, 2.05) is 30.3 Å².